The zero-order valence-corrected chi connectivity index (χ0v) is 10.3. The Labute approximate surface area is 100 Å². The monoisotopic (exact) mass is 238 g/mol. The molecule has 1 aromatic heterocycles. The number of aliphatic carboxylic acids is 1. The van der Waals surface area contributed by atoms with E-state index in [4.69, 9.17) is 5.11 Å². The second kappa shape index (κ2) is 5.52. The highest BCUT2D eigenvalue weighted by Gasteiger charge is 2.22. The first kappa shape index (κ1) is 13.3. The Kier molecular flexibility index (Phi) is 4.31. The quantitative estimate of drug-likeness (QED) is 0.728. The summed E-state index contributed by atoms with van der Waals surface area (Å²) in [5.41, 5.74) is 1.22. The number of aryl methyl sites for hydroxylation is 1. The van der Waals surface area contributed by atoms with Crippen LogP contribution in [-0.4, -0.2) is 28.0 Å². The van der Waals surface area contributed by atoms with Crippen LogP contribution in [0.5, 0.6) is 0 Å². The highest BCUT2D eigenvalue weighted by Crippen LogP contribution is 2.08. The average molecular weight is 238 g/mol. The van der Waals surface area contributed by atoms with Gasteiger partial charge in [0, 0.05) is 11.9 Å². The molecule has 94 valence electrons. The lowest BCUT2D eigenvalue weighted by Gasteiger charge is -2.16. The molecule has 0 radical (unpaired) electrons. The van der Waals surface area contributed by atoms with E-state index >= 15 is 0 Å². The molecule has 1 aromatic rings. The lowest BCUT2D eigenvalue weighted by atomic mass is 10.0. The summed E-state index contributed by atoms with van der Waals surface area (Å²) in [4.78, 5) is 25.7. The number of hydrogen-bond donors (Lipinski definition) is 3. The lowest BCUT2D eigenvalue weighted by Crippen LogP contribution is -2.41. The van der Waals surface area contributed by atoms with Crippen molar-refractivity contribution < 1.29 is 14.7 Å². The summed E-state index contributed by atoms with van der Waals surface area (Å²) < 4.78 is 0. The van der Waals surface area contributed by atoms with Gasteiger partial charge in [-0.3, -0.25) is 4.79 Å². The number of aromatic nitrogens is 1. The molecule has 0 aliphatic heterocycles. The molecule has 0 aliphatic carbocycles. The summed E-state index contributed by atoms with van der Waals surface area (Å²) in [6.07, 6.45) is 2.08. The first-order chi connectivity index (χ1) is 7.91. The summed E-state index contributed by atoms with van der Waals surface area (Å²) >= 11 is 0. The molecule has 0 unspecified atom stereocenters. The number of H-pyrrole nitrogens is 1. The molecule has 0 aliphatic rings. The maximum Gasteiger partial charge on any atom is 0.326 e. The molecule has 0 fully saturated rings. The summed E-state index contributed by atoms with van der Waals surface area (Å²) in [6, 6.07) is 0.802. The van der Waals surface area contributed by atoms with Gasteiger partial charge < -0.3 is 15.4 Å². The van der Waals surface area contributed by atoms with Crippen LogP contribution in [0.3, 0.4) is 0 Å². The number of carbonyl (C=O) groups is 2. The van der Waals surface area contributed by atoms with Crippen molar-refractivity contribution in [3.63, 3.8) is 0 Å². The molecule has 0 bridgehead atoms. The molecule has 1 rings (SSSR count). The van der Waals surface area contributed by atoms with Crippen LogP contribution in [0.1, 0.15) is 36.3 Å². The number of amides is 1. The Morgan fingerprint density at radius 2 is 2.12 bits per heavy atom. The number of carbonyl (C=O) groups excluding carboxylic acids is 1. The number of rotatable bonds is 5. The van der Waals surface area contributed by atoms with Gasteiger partial charge in [-0.05, 0) is 25.3 Å². The molecule has 5 nitrogen and oxygen atoms in total. The standard InChI is InChI=1S/C12H18N2O3/c1-7(2)6-10(12(16)17)14-11(15)9-4-5-13-8(9)3/h4-5,7,10,13H,6H2,1-3H3,(H,14,15)(H,16,17)/t10-/m0/s1. The van der Waals surface area contributed by atoms with E-state index in [0.29, 0.717) is 12.0 Å². The topological polar surface area (TPSA) is 82.2 Å². The minimum atomic E-state index is -1.000. The molecule has 1 atom stereocenters. The smallest absolute Gasteiger partial charge is 0.326 e. The fourth-order valence-corrected chi connectivity index (χ4v) is 1.63. The van der Waals surface area contributed by atoms with E-state index in [9.17, 15) is 9.59 Å². The molecule has 17 heavy (non-hydrogen) atoms. The van der Waals surface area contributed by atoms with Gasteiger partial charge in [-0.2, -0.15) is 0 Å². The van der Waals surface area contributed by atoms with Crippen molar-refractivity contribution in [2.45, 2.75) is 33.2 Å². The molecule has 0 spiro atoms. The number of carboxylic acid groups (broad SMARTS) is 1. The average Bonchev–Trinajstić information content (AvgIpc) is 2.62. The van der Waals surface area contributed by atoms with Gasteiger partial charge in [0.05, 0.1) is 5.56 Å². The maximum atomic E-state index is 11.8. The SMILES string of the molecule is Cc1[nH]ccc1C(=O)N[C@@H](CC(C)C)C(=O)O. The van der Waals surface area contributed by atoms with Gasteiger partial charge in [0.2, 0.25) is 0 Å². The van der Waals surface area contributed by atoms with Crippen molar-refractivity contribution in [1.29, 1.82) is 0 Å². The Morgan fingerprint density at radius 3 is 2.53 bits per heavy atom. The molecule has 0 saturated carbocycles. The highest BCUT2D eigenvalue weighted by atomic mass is 16.4. The third-order valence-electron chi connectivity index (χ3n) is 2.51. The van der Waals surface area contributed by atoms with Gasteiger partial charge in [0.25, 0.3) is 5.91 Å². The Hall–Kier alpha value is -1.78. The van der Waals surface area contributed by atoms with E-state index in [1.807, 2.05) is 13.8 Å². The van der Waals surface area contributed by atoms with Crippen LogP contribution in [0.4, 0.5) is 0 Å². The normalized spacial score (nSPS) is 12.5. The largest absolute Gasteiger partial charge is 0.480 e. The second-order valence-electron chi connectivity index (χ2n) is 4.51. The highest BCUT2D eigenvalue weighted by molar-refractivity contribution is 5.97. The molecule has 1 heterocycles. The summed E-state index contributed by atoms with van der Waals surface area (Å²) in [7, 11) is 0. The van der Waals surface area contributed by atoms with Crippen molar-refractivity contribution in [2.75, 3.05) is 0 Å². The summed E-state index contributed by atoms with van der Waals surface area (Å²) in [5.74, 6) is -1.14. The molecule has 0 saturated heterocycles. The van der Waals surface area contributed by atoms with Crippen molar-refractivity contribution in [1.82, 2.24) is 10.3 Å². The van der Waals surface area contributed by atoms with Crippen LogP contribution in [0.15, 0.2) is 12.3 Å². The zero-order valence-electron chi connectivity index (χ0n) is 10.3. The predicted octanol–water partition coefficient (Wildman–Crippen LogP) is 1.55. The Balaban J connectivity index is 2.71. The lowest BCUT2D eigenvalue weighted by molar-refractivity contribution is -0.139. The Bertz CT molecular complexity index is 410. The molecule has 0 aromatic carbocycles. The predicted molar refractivity (Wildman–Crippen MR) is 63.9 cm³/mol. The summed E-state index contributed by atoms with van der Waals surface area (Å²) in [6.45, 7) is 5.61. The van der Waals surface area contributed by atoms with Crippen LogP contribution in [0.2, 0.25) is 0 Å². The van der Waals surface area contributed by atoms with Crippen molar-refractivity contribution in [3.8, 4) is 0 Å². The first-order valence-electron chi connectivity index (χ1n) is 5.59. The molecule has 3 N–H and O–H groups in total. The van der Waals surface area contributed by atoms with Gasteiger partial charge in [-0.1, -0.05) is 13.8 Å². The van der Waals surface area contributed by atoms with E-state index in [2.05, 4.69) is 10.3 Å². The van der Waals surface area contributed by atoms with Gasteiger partial charge in [0.15, 0.2) is 0 Å². The third-order valence-corrected chi connectivity index (χ3v) is 2.51. The van der Waals surface area contributed by atoms with E-state index in [-0.39, 0.29) is 11.8 Å². The van der Waals surface area contributed by atoms with Gasteiger partial charge in [0.1, 0.15) is 6.04 Å². The number of nitrogens with one attached hydrogen (secondary N) is 2. The fraction of sp³-hybridized carbons (Fsp3) is 0.500. The van der Waals surface area contributed by atoms with Crippen LogP contribution >= 0.6 is 0 Å². The number of aromatic amines is 1. The van der Waals surface area contributed by atoms with Gasteiger partial charge >= 0.3 is 5.97 Å². The van der Waals surface area contributed by atoms with E-state index < -0.39 is 12.0 Å². The minimum absolute atomic E-state index is 0.212. The molecular weight excluding hydrogens is 220 g/mol. The van der Waals surface area contributed by atoms with Crippen molar-refractivity contribution >= 4 is 11.9 Å². The fourth-order valence-electron chi connectivity index (χ4n) is 1.63. The van der Waals surface area contributed by atoms with Crippen molar-refractivity contribution in [2.24, 2.45) is 5.92 Å². The zero-order chi connectivity index (χ0) is 13.0. The maximum absolute atomic E-state index is 11.8. The Morgan fingerprint density at radius 1 is 1.47 bits per heavy atom. The first-order valence-corrected chi connectivity index (χ1v) is 5.59. The van der Waals surface area contributed by atoms with Crippen molar-refractivity contribution in [3.05, 3.63) is 23.5 Å². The summed E-state index contributed by atoms with van der Waals surface area (Å²) in [5, 5.41) is 11.5. The molecule has 5 heteroatoms. The van der Waals surface area contributed by atoms with Gasteiger partial charge in [-0.15, -0.1) is 0 Å². The second-order valence-corrected chi connectivity index (χ2v) is 4.51. The van der Waals surface area contributed by atoms with E-state index in [0.717, 1.165) is 5.69 Å². The van der Waals surface area contributed by atoms with E-state index in [1.165, 1.54) is 0 Å². The van der Waals surface area contributed by atoms with E-state index in [1.54, 1.807) is 19.2 Å². The third kappa shape index (κ3) is 3.62. The van der Waals surface area contributed by atoms with Crippen LogP contribution < -0.4 is 5.32 Å². The molecule has 1 amide bonds. The number of hydrogen-bond acceptors (Lipinski definition) is 2. The van der Waals surface area contributed by atoms with Crippen LogP contribution in [0, 0.1) is 12.8 Å². The number of carboxylic acids is 1. The van der Waals surface area contributed by atoms with Gasteiger partial charge in [-0.25, -0.2) is 4.79 Å². The van der Waals surface area contributed by atoms with Crippen LogP contribution in [-0.2, 0) is 4.79 Å². The van der Waals surface area contributed by atoms with Crippen LogP contribution in [0.25, 0.3) is 0 Å². The minimum Gasteiger partial charge on any atom is -0.480 e. The molecular formula is C12H18N2O3.